The molecule has 0 heterocycles. The largest absolute Gasteiger partial charge is 0.335 e. The zero-order chi connectivity index (χ0) is 13.0. The minimum absolute atomic E-state index is 0.0789. The molecule has 0 aliphatic rings. The monoisotopic (exact) mass is 365 g/mol. The van der Waals surface area contributed by atoms with Gasteiger partial charge in [-0.3, -0.25) is 4.79 Å². The molecule has 1 amide bonds. The van der Waals surface area contributed by atoms with Crippen LogP contribution in [0.15, 0.2) is 22.7 Å². The summed E-state index contributed by atoms with van der Waals surface area (Å²) in [5.74, 6) is -0.565. The van der Waals surface area contributed by atoms with Crippen molar-refractivity contribution in [2.75, 3.05) is 11.9 Å². The van der Waals surface area contributed by atoms with Gasteiger partial charge in [0.25, 0.3) is 5.91 Å². The number of carbonyl (C=O) groups excluding carboxylic acids is 1. The van der Waals surface area contributed by atoms with Crippen molar-refractivity contribution in [2.45, 2.75) is 19.9 Å². The zero-order valence-electron chi connectivity index (χ0n) is 9.71. The molecule has 0 N–H and O–H groups in total. The van der Waals surface area contributed by atoms with E-state index < -0.39 is 5.82 Å². The van der Waals surface area contributed by atoms with Crippen molar-refractivity contribution in [3.05, 3.63) is 34.1 Å². The summed E-state index contributed by atoms with van der Waals surface area (Å²) in [4.78, 5) is 14.0. The first-order chi connectivity index (χ1) is 7.97. The van der Waals surface area contributed by atoms with E-state index in [4.69, 9.17) is 0 Å². The molecule has 0 spiro atoms. The molecular weight excluding hydrogens is 353 g/mol. The highest BCUT2D eigenvalue weighted by Crippen LogP contribution is 2.20. The summed E-state index contributed by atoms with van der Waals surface area (Å²) < 4.78 is 13.8. The van der Waals surface area contributed by atoms with Crippen molar-refractivity contribution in [3.8, 4) is 0 Å². The number of nitrogens with zero attached hydrogens (tertiary/aromatic N) is 1. The Morgan fingerprint density at radius 2 is 2.12 bits per heavy atom. The molecule has 0 aromatic heterocycles. The van der Waals surface area contributed by atoms with E-state index in [0.717, 1.165) is 0 Å². The molecule has 1 rings (SSSR count). The van der Waals surface area contributed by atoms with Gasteiger partial charge in [-0.15, -0.1) is 0 Å². The van der Waals surface area contributed by atoms with Gasteiger partial charge in [0.15, 0.2) is 0 Å². The fourth-order valence-electron chi connectivity index (χ4n) is 1.50. The SMILES string of the molecule is CC(C)N(CCBr)C(=O)c1cc(F)ccc1Br. The van der Waals surface area contributed by atoms with Crippen LogP contribution in [0.2, 0.25) is 0 Å². The van der Waals surface area contributed by atoms with Gasteiger partial charge in [0.2, 0.25) is 0 Å². The number of rotatable bonds is 4. The lowest BCUT2D eigenvalue weighted by Gasteiger charge is -2.26. The number of amides is 1. The predicted molar refractivity (Wildman–Crippen MR) is 74.1 cm³/mol. The highest BCUT2D eigenvalue weighted by molar-refractivity contribution is 9.10. The molecule has 0 saturated carbocycles. The topological polar surface area (TPSA) is 20.3 Å². The summed E-state index contributed by atoms with van der Waals surface area (Å²) in [7, 11) is 0. The average molecular weight is 367 g/mol. The van der Waals surface area contributed by atoms with Crippen molar-refractivity contribution < 1.29 is 9.18 Å². The molecule has 0 radical (unpaired) electrons. The van der Waals surface area contributed by atoms with E-state index in [1.807, 2.05) is 13.8 Å². The molecule has 1 aromatic rings. The summed E-state index contributed by atoms with van der Waals surface area (Å²) in [6, 6.07) is 4.21. The summed E-state index contributed by atoms with van der Waals surface area (Å²) >= 11 is 6.59. The average Bonchev–Trinajstić information content (AvgIpc) is 2.28. The number of carbonyl (C=O) groups is 1. The Labute approximate surface area is 117 Å². The molecule has 5 heteroatoms. The third-order valence-corrected chi connectivity index (χ3v) is 3.41. The van der Waals surface area contributed by atoms with Gasteiger partial charge in [0, 0.05) is 22.4 Å². The quantitative estimate of drug-likeness (QED) is 0.741. The third-order valence-electron chi connectivity index (χ3n) is 2.37. The van der Waals surface area contributed by atoms with E-state index in [9.17, 15) is 9.18 Å². The van der Waals surface area contributed by atoms with Crippen LogP contribution in [0.25, 0.3) is 0 Å². The summed E-state index contributed by atoms with van der Waals surface area (Å²) in [6.07, 6.45) is 0. The lowest BCUT2D eigenvalue weighted by Crippen LogP contribution is -2.38. The van der Waals surface area contributed by atoms with Crippen LogP contribution in [0.5, 0.6) is 0 Å². The Morgan fingerprint density at radius 3 is 2.65 bits per heavy atom. The second kappa shape index (κ2) is 6.50. The molecule has 0 saturated heterocycles. The fraction of sp³-hybridized carbons (Fsp3) is 0.417. The van der Waals surface area contributed by atoms with Crippen LogP contribution in [0.3, 0.4) is 0 Å². The lowest BCUT2D eigenvalue weighted by atomic mass is 10.1. The molecule has 1 aromatic carbocycles. The van der Waals surface area contributed by atoms with Gasteiger partial charge >= 0.3 is 0 Å². The Morgan fingerprint density at radius 1 is 1.47 bits per heavy atom. The highest BCUT2D eigenvalue weighted by Gasteiger charge is 2.20. The van der Waals surface area contributed by atoms with E-state index in [1.165, 1.54) is 12.1 Å². The Balaban J connectivity index is 3.04. The molecule has 17 heavy (non-hydrogen) atoms. The fourth-order valence-corrected chi connectivity index (χ4v) is 2.30. The zero-order valence-corrected chi connectivity index (χ0v) is 12.9. The second-order valence-corrected chi connectivity index (χ2v) is 5.55. The minimum atomic E-state index is -0.404. The predicted octanol–water partition coefficient (Wildman–Crippen LogP) is 3.83. The van der Waals surface area contributed by atoms with Gasteiger partial charge in [0.05, 0.1) is 5.56 Å². The Kier molecular flexibility index (Phi) is 5.59. The maximum atomic E-state index is 13.2. The van der Waals surface area contributed by atoms with Crippen LogP contribution in [0.4, 0.5) is 4.39 Å². The maximum absolute atomic E-state index is 13.2. The van der Waals surface area contributed by atoms with Gasteiger partial charge in [-0.2, -0.15) is 0 Å². The summed E-state index contributed by atoms with van der Waals surface area (Å²) in [6.45, 7) is 4.47. The maximum Gasteiger partial charge on any atom is 0.255 e. The summed E-state index contributed by atoms with van der Waals surface area (Å²) in [5, 5.41) is 0.698. The normalized spacial score (nSPS) is 10.7. The van der Waals surface area contributed by atoms with Crippen LogP contribution in [-0.2, 0) is 0 Å². The van der Waals surface area contributed by atoms with Crippen LogP contribution in [-0.4, -0.2) is 28.7 Å². The standard InChI is InChI=1S/C12H14Br2FNO/c1-8(2)16(6-5-13)12(17)10-7-9(15)3-4-11(10)14/h3-4,7-8H,5-6H2,1-2H3. The molecule has 94 valence electrons. The Hall–Kier alpha value is -0.420. The van der Waals surface area contributed by atoms with Gasteiger partial charge in [-0.1, -0.05) is 15.9 Å². The van der Waals surface area contributed by atoms with E-state index >= 15 is 0 Å². The van der Waals surface area contributed by atoms with E-state index in [0.29, 0.717) is 21.9 Å². The number of hydrogen-bond donors (Lipinski definition) is 0. The van der Waals surface area contributed by atoms with Crippen LogP contribution < -0.4 is 0 Å². The van der Waals surface area contributed by atoms with Crippen LogP contribution in [0, 0.1) is 5.82 Å². The number of benzene rings is 1. The van der Waals surface area contributed by atoms with Gasteiger partial charge in [-0.05, 0) is 48.0 Å². The molecule has 0 bridgehead atoms. The molecule has 0 fully saturated rings. The molecular formula is C12H14Br2FNO. The molecule has 0 unspecified atom stereocenters. The number of alkyl halides is 1. The molecule has 0 atom stereocenters. The first kappa shape index (κ1) is 14.6. The van der Waals surface area contributed by atoms with Crippen molar-refractivity contribution in [1.82, 2.24) is 4.90 Å². The van der Waals surface area contributed by atoms with Gasteiger partial charge in [0.1, 0.15) is 5.82 Å². The van der Waals surface area contributed by atoms with Crippen molar-refractivity contribution in [3.63, 3.8) is 0 Å². The van der Waals surface area contributed by atoms with Gasteiger partial charge < -0.3 is 4.90 Å². The molecule has 0 aliphatic carbocycles. The highest BCUT2D eigenvalue weighted by atomic mass is 79.9. The number of halogens is 3. The molecule has 0 aliphatic heterocycles. The smallest absolute Gasteiger partial charge is 0.255 e. The minimum Gasteiger partial charge on any atom is -0.335 e. The second-order valence-electron chi connectivity index (χ2n) is 3.91. The van der Waals surface area contributed by atoms with E-state index in [-0.39, 0.29) is 11.9 Å². The molecule has 2 nitrogen and oxygen atoms in total. The third kappa shape index (κ3) is 3.78. The lowest BCUT2D eigenvalue weighted by molar-refractivity contribution is 0.0718. The number of hydrogen-bond acceptors (Lipinski definition) is 1. The van der Waals surface area contributed by atoms with Crippen molar-refractivity contribution >= 4 is 37.8 Å². The Bertz CT molecular complexity index is 409. The van der Waals surface area contributed by atoms with Gasteiger partial charge in [-0.25, -0.2) is 4.39 Å². The van der Waals surface area contributed by atoms with E-state index in [1.54, 1.807) is 11.0 Å². The summed E-state index contributed by atoms with van der Waals surface area (Å²) in [5.41, 5.74) is 0.361. The van der Waals surface area contributed by atoms with Crippen LogP contribution in [0.1, 0.15) is 24.2 Å². The van der Waals surface area contributed by atoms with Crippen molar-refractivity contribution in [2.24, 2.45) is 0 Å². The van der Waals surface area contributed by atoms with Crippen molar-refractivity contribution in [1.29, 1.82) is 0 Å². The first-order valence-electron chi connectivity index (χ1n) is 5.29. The van der Waals surface area contributed by atoms with E-state index in [2.05, 4.69) is 31.9 Å². The first-order valence-corrected chi connectivity index (χ1v) is 7.20. The van der Waals surface area contributed by atoms with Crippen LogP contribution >= 0.6 is 31.9 Å².